The van der Waals surface area contributed by atoms with E-state index in [-0.39, 0.29) is 6.10 Å². The van der Waals surface area contributed by atoms with Crippen molar-refractivity contribution >= 4 is 33.5 Å². The number of hydrogen-bond donors (Lipinski definition) is 1. The van der Waals surface area contributed by atoms with Crippen molar-refractivity contribution in [3.8, 4) is 11.3 Å². The SMILES string of the molecule is CNc1nc(C2CSCCO2)nc(-c2ccccc2)c1Br. The van der Waals surface area contributed by atoms with Crippen molar-refractivity contribution in [3.05, 3.63) is 40.6 Å². The Hall–Kier alpha value is -1.11. The molecule has 1 fully saturated rings. The van der Waals surface area contributed by atoms with Gasteiger partial charge in [0, 0.05) is 24.1 Å². The molecule has 0 amide bonds. The molecule has 1 unspecified atom stereocenters. The minimum absolute atomic E-state index is 0.0357. The molecular formula is C15H16BrN3OS. The van der Waals surface area contributed by atoms with Gasteiger partial charge in [0.1, 0.15) is 11.9 Å². The molecule has 21 heavy (non-hydrogen) atoms. The zero-order valence-corrected chi connectivity index (χ0v) is 14.1. The number of nitrogens with one attached hydrogen (secondary N) is 1. The van der Waals surface area contributed by atoms with E-state index >= 15 is 0 Å². The number of nitrogens with zero attached hydrogens (tertiary/aromatic N) is 2. The van der Waals surface area contributed by atoms with Crippen LogP contribution < -0.4 is 5.32 Å². The molecule has 3 rings (SSSR count). The van der Waals surface area contributed by atoms with Gasteiger partial charge in [-0.1, -0.05) is 30.3 Å². The molecule has 0 aliphatic carbocycles. The molecule has 2 aromatic rings. The first-order valence-corrected chi connectivity index (χ1v) is 8.74. The topological polar surface area (TPSA) is 47.0 Å². The summed E-state index contributed by atoms with van der Waals surface area (Å²) in [5.41, 5.74) is 1.96. The number of thioether (sulfide) groups is 1. The van der Waals surface area contributed by atoms with Gasteiger partial charge in [-0.2, -0.15) is 11.8 Å². The van der Waals surface area contributed by atoms with Crippen LogP contribution in [0.3, 0.4) is 0 Å². The van der Waals surface area contributed by atoms with Crippen LogP contribution >= 0.6 is 27.7 Å². The maximum absolute atomic E-state index is 5.81. The molecule has 1 saturated heterocycles. The maximum atomic E-state index is 5.81. The van der Waals surface area contributed by atoms with E-state index in [1.54, 1.807) is 0 Å². The van der Waals surface area contributed by atoms with Crippen LogP contribution in [-0.2, 0) is 4.74 Å². The number of aromatic nitrogens is 2. The summed E-state index contributed by atoms with van der Waals surface area (Å²) in [5, 5.41) is 3.12. The standard InChI is InChI=1S/C15H16BrN3OS/c1-17-15-12(16)13(10-5-3-2-4-6-10)18-14(19-15)11-9-21-8-7-20-11/h2-6,11H,7-9H2,1H3,(H,17,18,19). The van der Waals surface area contributed by atoms with Crippen molar-refractivity contribution in [1.29, 1.82) is 0 Å². The van der Waals surface area contributed by atoms with Gasteiger partial charge in [0.05, 0.1) is 16.8 Å². The minimum atomic E-state index is -0.0357. The van der Waals surface area contributed by atoms with Crippen molar-refractivity contribution < 1.29 is 4.74 Å². The van der Waals surface area contributed by atoms with Crippen LogP contribution in [0, 0.1) is 0 Å². The number of halogens is 1. The van der Waals surface area contributed by atoms with E-state index in [0.717, 1.165) is 45.5 Å². The van der Waals surface area contributed by atoms with Crippen molar-refractivity contribution in [2.75, 3.05) is 30.5 Å². The van der Waals surface area contributed by atoms with E-state index in [9.17, 15) is 0 Å². The third-order valence-electron chi connectivity index (χ3n) is 3.26. The molecule has 0 bridgehead atoms. The van der Waals surface area contributed by atoms with Crippen molar-refractivity contribution in [2.45, 2.75) is 6.10 Å². The molecule has 1 atom stereocenters. The van der Waals surface area contributed by atoms with Crippen molar-refractivity contribution in [2.24, 2.45) is 0 Å². The first kappa shape index (κ1) is 14.8. The van der Waals surface area contributed by atoms with E-state index in [1.807, 2.05) is 49.1 Å². The van der Waals surface area contributed by atoms with Crippen LogP contribution in [0.15, 0.2) is 34.8 Å². The van der Waals surface area contributed by atoms with Gasteiger partial charge < -0.3 is 10.1 Å². The molecule has 2 heterocycles. The zero-order valence-electron chi connectivity index (χ0n) is 11.7. The molecular weight excluding hydrogens is 350 g/mol. The molecule has 1 aliphatic heterocycles. The molecule has 1 aromatic heterocycles. The third kappa shape index (κ3) is 3.22. The summed E-state index contributed by atoms with van der Waals surface area (Å²) in [6, 6.07) is 10.1. The van der Waals surface area contributed by atoms with Crippen LogP contribution in [0.5, 0.6) is 0 Å². The molecule has 1 aromatic carbocycles. The Morgan fingerprint density at radius 1 is 1.29 bits per heavy atom. The number of rotatable bonds is 3. The van der Waals surface area contributed by atoms with Crippen LogP contribution in [-0.4, -0.2) is 35.1 Å². The van der Waals surface area contributed by atoms with Crippen molar-refractivity contribution in [3.63, 3.8) is 0 Å². The second-order valence-electron chi connectivity index (χ2n) is 4.64. The highest BCUT2D eigenvalue weighted by Crippen LogP contribution is 2.34. The number of ether oxygens (including phenoxy) is 1. The smallest absolute Gasteiger partial charge is 0.161 e. The predicted octanol–water partition coefficient (Wildman–Crippen LogP) is 3.75. The highest BCUT2D eigenvalue weighted by Gasteiger charge is 2.22. The van der Waals surface area contributed by atoms with Gasteiger partial charge in [0.15, 0.2) is 5.82 Å². The molecule has 1 N–H and O–H groups in total. The van der Waals surface area contributed by atoms with Gasteiger partial charge in [0.25, 0.3) is 0 Å². The summed E-state index contributed by atoms with van der Waals surface area (Å²) in [7, 11) is 1.86. The van der Waals surface area contributed by atoms with Gasteiger partial charge in [0.2, 0.25) is 0 Å². The Morgan fingerprint density at radius 2 is 2.10 bits per heavy atom. The average molecular weight is 366 g/mol. The second kappa shape index (κ2) is 6.77. The Balaban J connectivity index is 2.06. The summed E-state index contributed by atoms with van der Waals surface area (Å²) >= 11 is 5.48. The minimum Gasteiger partial charge on any atom is -0.372 e. The molecule has 0 spiro atoms. The molecule has 0 radical (unpaired) electrons. The van der Waals surface area contributed by atoms with Crippen molar-refractivity contribution in [1.82, 2.24) is 9.97 Å². The molecule has 0 saturated carbocycles. The zero-order chi connectivity index (χ0) is 14.7. The average Bonchev–Trinajstić information content (AvgIpc) is 2.56. The van der Waals surface area contributed by atoms with Crippen LogP contribution in [0.2, 0.25) is 0 Å². The highest BCUT2D eigenvalue weighted by atomic mass is 79.9. The fourth-order valence-corrected chi connectivity index (χ4v) is 3.64. The molecule has 4 nitrogen and oxygen atoms in total. The van der Waals surface area contributed by atoms with Gasteiger partial charge >= 0.3 is 0 Å². The maximum Gasteiger partial charge on any atom is 0.161 e. The number of anilines is 1. The highest BCUT2D eigenvalue weighted by molar-refractivity contribution is 9.10. The summed E-state index contributed by atoms with van der Waals surface area (Å²) in [4.78, 5) is 9.33. The van der Waals surface area contributed by atoms with E-state index in [0.29, 0.717) is 0 Å². The van der Waals surface area contributed by atoms with Crippen LogP contribution in [0.4, 0.5) is 5.82 Å². The number of benzene rings is 1. The van der Waals surface area contributed by atoms with E-state index in [4.69, 9.17) is 9.72 Å². The van der Waals surface area contributed by atoms with Gasteiger partial charge in [-0.25, -0.2) is 9.97 Å². The van der Waals surface area contributed by atoms with Crippen LogP contribution in [0.1, 0.15) is 11.9 Å². The van der Waals surface area contributed by atoms with Gasteiger partial charge in [-0.3, -0.25) is 0 Å². The molecule has 6 heteroatoms. The summed E-state index contributed by atoms with van der Waals surface area (Å²) in [6.07, 6.45) is -0.0357. The first-order valence-electron chi connectivity index (χ1n) is 6.79. The fraction of sp³-hybridized carbons (Fsp3) is 0.333. The third-order valence-corrected chi connectivity index (χ3v) is 5.00. The Bertz CT molecular complexity index is 618. The van der Waals surface area contributed by atoms with E-state index < -0.39 is 0 Å². The van der Waals surface area contributed by atoms with Gasteiger partial charge in [-0.05, 0) is 15.9 Å². The Labute approximate surface area is 136 Å². The lowest BCUT2D eigenvalue weighted by atomic mass is 10.1. The van der Waals surface area contributed by atoms with Crippen LogP contribution in [0.25, 0.3) is 11.3 Å². The largest absolute Gasteiger partial charge is 0.372 e. The fourth-order valence-electron chi connectivity index (χ4n) is 2.20. The quantitative estimate of drug-likeness (QED) is 0.897. The van der Waals surface area contributed by atoms with E-state index in [1.165, 1.54) is 0 Å². The summed E-state index contributed by atoms with van der Waals surface area (Å²) in [6.45, 7) is 0.754. The molecule has 1 aliphatic rings. The lowest BCUT2D eigenvalue weighted by molar-refractivity contribution is 0.0696. The normalized spacial score (nSPS) is 18.5. The van der Waals surface area contributed by atoms with E-state index in [2.05, 4.69) is 26.2 Å². The summed E-state index contributed by atoms with van der Waals surface area (Å²) in [5.74, 6) is 3.47. The lowest BCUT2D eigenvalue weighted by Crippen LogP contribution is -2.19. The summed E-state index contributed by atoms with van der Waals surface area (Å²) < 4.78 is 6.68. The molecule has 110 valence electrons. The predicted molar refractivity (Wildman–Crippen MR) is 90.7 cm³/mol. The van der Waals surface area contributed by atoms with Gasteiger partial charge in [-0.15, -0.1) is 0 Å². The second-order valence-corrected chi connectivity index (χ2v) is 6.59. The number of hydrogen-bond acceptors (Lipinski definition) is 5. The first-order chi connectivity index (χ1) is 10.3. The lowest BCUT2D eigenvalue weighted by Gasteiger charge is -2.22. The Morgan fingerprint density at radius 3 is 2.76 bits per heavy atom. The monoisotopic (exact) mass is 365 g/mol. The Kier molecular flexibility index (Phi) is 4.77.